The van der Waals surface area contributed by atoms with Crippen LogP contribution in [0.4, 0.5) is 4.39 Å². The van der Waals surface area contributed by atoms with Crippen molar-refractivity contribution < 1.29 is 4.39 Å². The molecule has 3 nitrogen and oxygen atoms in total. The number of hydrogen-bond donors (Lipinski definition) is 0. The Labute approximate surface area is 127 Å². The van der Waals surface area contributed by atoms with E-state index >= 15 is 0 Å². The van der Waals surface area contributed by atoms with Crippen LogP contribution in [0.5, 0.6) is 0 Å². The maximum atomic E-state index is 13.4. The fraction of sp³-hybridized carbons (Fsp3) is 0.500. The number of nitrogens with zero attached hydrogens (tertiary/aromatic N) is 3. The topological polar surface area (TPSA) is 21.1 Å². The Balaban J connectivity index is 1.83. The normalized spacial score (nSPS) is 16.9. The molecule has 1 aliphatic rings. The summed E-state index contributed by atoms with van der Waals surface area (Å²) in [7, 11) is 0. The molecule has 0 N–H and O–H groups in total. The Morgan fingerprint density at radius 2 is 2.05 bits per heavy atom. The Morgan fingerprint density at radius 1 is 1.25 bits per heavy atom. The third kappa shape index (κ3) is 2.95. The van der Waals surface area contributed by atoms with Crippen LogP contribution in [0, 0.1) is 5.82 Å². The quantitative estimate of drug-likeness (QED) is 0.810. The number of benzene rings is 1. The lowest BCUT2D eigenvalue weighted by Gasteiger charge is -2.26. The molecule has 6 heteroatoms. The van der Waals surface area contributed by atoms with E-state index in [4.69, 9.17) is 11.6 Å². The SMILES string of the molecule is Fc1ccc2nc(CCl)n(CCN3CCSCC3)c2c1. The molecular formula is C14H17ClFN3S. The zero-order valence-corrected chi connectivity index (χ0v) is 12.8. The molecule has 20 heavy (non-hydrogen) atoms. The maximum Gasteiger partial charge on any atom is 0.125 e. The molecule has 1 aromatic carbocycles. The lowest BCUT2D eigenvalue weighted by atomic mass is 10.3. The zero-order chi connectivity index (χ0) is 13.9. The summed E-state index contributed by atoms with van der Waals surface area (Å²) in [5.74, 6) is 3.34. The first kappa shape index (κ1) is 14.2. The first-order chi connectivity index (χ1) is 9.78. The van der Waals surface area contributed by atoms with Crippen molar-refractivity contribution in [1.82, 2.24) is 14.5 Å². The highest BCUT2D eigenvalue weighted by Crippen LogP contribution is 2.19. The van der Waals surface area contributed by atoms with Crippen molar-refractivity contribution in [1.29, 1.82) is 0 Å². The predicted molar refractivity (Wildman–Crippen MR) is 83.0 cm³/mol. The summed E-state index contributed by atoms with van der Waals surface area (Å²) in [5.41, 5.74) is 1.66. The summed E-state index contributed by atoms with van der Waals surface area (Å²) < 4.78 is 15.5. The van der Waals surface area contributed by atoms with Crippen molar-refractivity contribution in [2.24, 2.45) is 0 Å². The fourth-order valence-corrected chi connectivity index (χ4v) is 3.75. The number of rotatable bonds is 4. The Kier molecular flexibility index (Phi) is 4.48. The van der Waals surface area contributed by atoms with Gasteiger partial charge < -0.3 is 4.57 Å². The largest absolute Gasteiger partial charge is 0.326 e. The molecule has 0 saturated carbocycles. The van der Waals surface area contributed by atoms with Crippen LogP contribution < -0.4 is 0 Å². The van der Waals surface area contributed by atoms with E-state index in [0.717, 1.165) is 43.0 Å². The molecule has 2 heterocycles. The smallest absolute Gasteiger partial charge is 0.125 e. The molecule has 0 bridgehead atoms. The fourth-order valence-electron chi connectivity index (χ4n) is 2.56. The van der Waals surface area contributed by atoms with Gasteiger partial charge in [0.05, 0.1) is 16.9 Å². The van der Waals surface area contributed by atoms with Crippen molar-refractivity contribution in [2.75, 3.05) is 31.1 Å². The molecule has 0 spiro atoms. The average molecular weight is 314 g/mol. The van der Waals surface area contributed by atoms with Crippen LogP contribution >= 0.6 is 23.4 Å². The second-order valence-electron chi connectivity index (χ2n) is 4.90. The maximum absolute atomic E-state index is 13.4. The molecule has 0 unspecified atom stereocenters. The van der Waals surface area contributed by atoms with Crippen LogP contribution in [0.1, 0.15) is 5.82 Å². The zero-order valence-electron chi connectivity index (χ0n) is 11.2. The van der Waals surface area contributed by atoms with E-state index in [9.17, 15) is 4.39 Å². The number of aromatic nitrogens is 2. The Bertz CT molecular complexity index is 595. The minimum absolute atomic E-state index is 0.228. The Morgan fingerprint density at radius 3 is 2.80 bits per heavy atom. The first-order valence-electron chi connectivity index (χ1n) is 6.78. The van der Waals surface area contributed by atoms with Crippen molar-refractivity contribution >= 4 is 34.4 Å². The molecule has 0 radical (unpaired) electrons. The standard InChI is InChI=1S/C14H17ClFN3S/c15-10-14-17-12-2-1-11(16)9-13(12)19(14)4-3-18-5-7-20-8-6-18/h1-2,9H,3-8,10H2. The van der Waals surface area contributed by atoms with Crippen LogP contribution in [0.3, 0.4) is 0 Å². The minimum atomic E-state index is -0.228. The van der Waals surface area contributed by atoms with Crippen molar-refractivity contribution in [2.45, 2.75) is 12.4 Å². The van der Waals surface area contributed by atoms with Gasteiger partial charge in [-0.15, -0.1) is 11.6 Å². The monoisotopic (exact) mass is 313 g/mol. The first-order valence-corrected chi connectivity index (χ1v) is 8.47. The number of halogens is 2. The third-order valence-electron chi connectivity index (χ3n) is 3.65. The van der Waals surface area contributed by atoms with E-state index in [0.29, 0.717) is 5.88 Å². The highest BCUT2D eigenvalue weighted by molar-refractivity contribution is 7.99. The molecule has 0 aliphatic carbocycles. The molecule has 0 atom stereocenters. The Hall–Kier alpha value is -0.780. The molecule has 1 aliphatic heterocycles. The number of imidazole rings is 1. The van der Waals surface area contributed by atoms with E-state index in [1.807, 2.05) is 16.3 Å². The second kappa shape index (κ2) is 6.33. The molecule has 1 fully saturated rings. The second-order valence-corrected chi connectivity index (χ2v) is 6.39. The van der Waals surface area contributed by atoms with E-state index in [1.165, 1.54) is 17.6 Å². The number of hydrogen-bond acceptors (Lipinski definition) is 3. The van der Waals surface area contributed by atoms with Gasteiger partial charge >= 0.3 is 0 Å². The van der Waals surface area contributed by atoms with Gasteiger partial charge in [0.2, 0.25) is 0 Å². The molecule has 108 valence electrons. The summed E-state index contributed by atoms with van der Waals surface area (Å²) in [6.07, 6.45) is 0. The summed E-state index contributed by atoms with van der Waals surface area (Å²) >= 11 is 7.97. The molecule has 1 aromatic heterocycles. The number of thioether (sulfide) groups is 1. The van der Waals surface area contributed by atoms with Crippen LogP contribution in [-0.4, -0.2) is 45.6 Å². The van der Waals surface area contributed by atoms with Gasteiger partial charge in [0.25, 0.3) is 0 Å². The summed E-state index contributed by atoms with van der Waals surface area (Å²) in [4.78, 5) is 6.92. The van der Waals surface area contributed by atoms with Crippen molar-refractivity contribution in [3.05, 3.63) is 29.8 Å². The van der Waals surface area contributed by atoms with Gasteiger partial charge in [-0.2, -0.15) is 11.8 Å². The molecular weight excluding hydrogens is 297 g/mol. The highest BCUT2D eigenvalue weighted by Gasteiger charge is 2.14. The number of alkyl halides is 1. The van der Waals surface area contributed by atoms with Gasteiger partial charge in [0, 0.05) is 37.7 Å². The average Bonchev–Trinajstić information content (AvgIpc) is 2.83. The van der Waals surface area contributed by atoms with Crippen molar-refractivity contribution in [3.8, 4) is 0 Å². The molecule has 3 rings (SSSR count). The lowest BCUT2D eigenvalue weighted by Crippen LogP contribution is -2.35. The van der Waals surface area contributed by atoms with E-state index in [2.05, 4.69) is 9.88 Å². The van der Waals surface area contributed by atoms with Crippen LogP contribution in [-0.2, 0) is 12.4 Å². The van der Waals surface area contributed by atoms with Crippen LogP contribution in [0.2, 0.25) is 0 Å². The highest BCUT2D eigenvalue weighted by atomic mass is 35.5. The van der Waals surface area contributed by atoms with Crippen LogP contribution in [0.25, 0.3) is 11.0 Å². The van der Waals surface area contributed by atoms with E-state index in [1.54, 1.807) is 12.1 Å². The van der Waals surface area contributed by atoms with Crippen molar-refractivity contribution in [3.63, 3.8) is 0 Å². The van der Waals surface area contributed by atoms with Crippen LogP contribution in [0.15, 0.2) is 18.2 Å². The van der Waals surface area contributed by atoms with Gasteiger partial charge in [-0.25, -0.2) is 9.37 Å². The number of fused-ring (bicyclic) bond motifs is 1. The minimum Gasteiger partial charge on any atom is -0.326 e. The molecule has 0 amide bonds. The summed E-state index contributed by atoms with van der Waals surface area (Å²) in [6.45, 7) is 4.03. The molecule has 2 aromatic rings. The summed E-state index contributed by atoms with van der Waals surface area (Å²) in [5, 5.41) is 0. The van der Waals surface area contributed by atoms with Gasteiger partial charge in [-0.05, 0) is 18.2 Å². The summed E-state index contributed by atoms with van der Waals surface area (Å²) in [6, 6.07) is 4.71. The lowest BCUT2D eigenvalue weighted by molar-refractivity contribution is 0.290. The van der Waals surface area contributed by atoms with Gasteiger partial charge in [0.1, 0.15) is 11.6 Å². The van der Waals surface area contributed by atoms with E-state index < -0.39 is 0 Å². The van der Waals surface area contributed by atoms with Gasteiger partial charge in [-0.1, -0.05) is 0 Å². The van der Waals surface area contributed by atoms with Gasteiger partial charge in [0.15, 0.2) is 0 Å². The molecule has 1 saturated heterocycles. The predicted octanol–water partition coefficient (Wildman–Crippen LogP) is 2.96. The van der Waals surface area contributed by atoms with E-state index in [-0.39, 0.29) is 5.82 Å². The third-order valence-corrected chi connectivity index (χ3v) is 4.83. The van der Waals surface area contributed by atoms with Gasteiger partial charge in [-0.3, -0.25) is 4.90 Å².